The Morgan fingerprint density at radius 3 is 1.40 bits per heavy atom. The molecular formula is C60H72ClF4N17O4. The Balaban J connectivity index is 0.000000174. The zero-order valence-electron chi connectivity index (χ0n) is 50.0. The number of carbonyl (C=O) groups is 4. The van der Waals surface area contributed by atoms with Gasteiger partial charge in [-0.15, -0.1) is 0 Å². The maximum Gasteiger partial charge on any atom is 0.317 e. The normalized spacial score (nSPS) is 16.7. The van der Waals surface area contributed by atoms with Crippen molar-refractivity contribution in [1.82, 2.24) is 84.2 Å². The van der Waals surface area contributed by atoms with Crippen molar-refractivity contribution >= 4 is 56.6 Å². The lowest BCUT2D eigenvalue weighted by atomic mass is 9.99. The van der Waals surface area contributed by atoms with E-state index in [1.807, 2.05) is 53.3 Å². The molecule has 2 unspecified atom stereocenters. The summed E-state index contributed by atoms with van der Waals surface area (Å²) in [6, 6.07) is 13.1. The van der Waals surface area contributed by atoms with Gasteiger partial charge in [-0.05, 0) is 69.3 Å². The topological polar surface area (TPSA) is 214 Å². The number of amides is 5. The number of aryl methyl sites for hydroxylation is 2. The minimum atomic E-state index is -2.74. The maximum absolute atomic E-state index is 14.3. The van der Waals surface area contributed by atoms with E-state index in [1.54, 1.807) is 84.0 Å². The number of hydrogen-bond donors (Lipinski definition) is 3. The minimum absolute atomic E-state index is 0.0316. The number of nitrogens with zero attached hydrogens (tertiary/aromatic N) is 14. The van der Waals surface area contributed by atoms with Gasteiger partial charge in [0.2, 0.25) is 11.8 Å². The van der Waals surface area contributed by atoms with E-state index in [0.29, 0.717) is 70.4 Å². The van der Waals surface area contributed by atoms with E-state index in [1.165, 1.54) is 45.0 Å². The van der Waals surface area contributed by atoms with Crippen molar-refractivity contribution in [2.75, 3.05) is 74.0 Å². The van der Waals surface area contributed by atoms with Crippen LogP contribution in [0.2, 0.25) is 0 Å². The zero-order valence-corrected chi connectivity index (χ0v) is 50.8. The molecule has 0 bridgehead atoms. The third-order valence-electron chi connectivity index (χ3n) is 16.2. The summed E-state index contributed by atoms with van der Waals surface area (Å²) in [6.45, 7) is 17.2. The van der Waals surface area contributed by atoms with Crippen molar-refractivity contribution in [3.05, 3.63) is 107 Å². The second-order valence-corrected chi connectivity index (χ2v) is 22.0. The Bertz CT molecular complexity index is 3800. The molecule has 2 saturated heterocycles. The van der Waals surface area contributed by atoms with Crippen molar-refractivity contribution in [3.8, 4) is 45.0 Å². The Kier molecular flexibility index (Phi) is 18.9. The lowest BCUT2D eigenvalue weighted by molar-refractivity contribution is -0.136. The molecule has 86 heavy (non-hydrogen) atoms. The number of carbonyl (C=O) groups excluding carboxylic acids is 4. The molecule has 8 aromatic rings. The molecule has 6 aromatic heterocycles. The lowest BCUT2D eigenvalue weighted by Gasteiger charge is -2.40. The van der Waals surface area contributed by atoms with Gasteiger partial charge < -0.3 is 44.7 Å². The number of fused-ring (bicyclic) bond motifs is 4. The molecule has 0 saturated carbocycles. The fourth-order valence-corrected chi connectivity index (χ4v) is 11.4. The third kappa shape index (κ3) is 12.3. The van der Waals surface area contributed by atoms with Gasteiger partial charge >= 0.3 is 11.4 Å². The Morgan fingerprint density at radius 2 is 1.07 bits per heavy atom. The molecule has 12 rings (SSSR count). The van der Waals surface area contributed by atoms with E-state index in [2.05, 4.69) is 61.8 Å². The van der Waals surface area contributed by atoms with E-state index in [4.69, 9.17) is 21.6 Å². The zero-order chi connectivity index (χ0) is 62.0. The van der Waals surface area contributed by atoms with Crippen molar-refractivity contribution in [2.24, 2.45) is 14.1 Å². The first-order valence-corrected chi connectivity index (χ1v) is 28.9. The van der Waals surface area contributed by atoms with Crippen molar-refractivity contribution in [2.45, 2.75) is 84.5 Å². The number of likely N-dealkylation sites (tertiary alicyclic amines) is 1. The molecule has 456 valence electrons. The van der Waals surface area contributed by atoms with Crippen molar-refractivity contribution in [1.29, 1.82) is 0 Å². The Morgan fingerprint density at radius 1 is 0.651 bits per heavy atom. The summed E-state index contributed by atoms with van der Waals surface area (Å²) in [7, 11) is 10.0. The average Bonchev–Trinajstić information content (AvgIpc) is 2.45. The number of rotatable bonds is 11. The van der Waals surface area contributed by atoms with Crippen LogP contribution in [-0.2, 0) is 36.8 Å². The predicted molar refractivity (Wildman–Crippen MR) is 321 cm³/mol. The van der Waals surface area contributed by atoms with Crippen LogP contribution in [0.4, 0.5) is 27.2 Å². The summed E-state index contributed by atoms with van der Waals surface area (Å²) >= 11 is 4.71. The molecule has 2 fully saturated rings. The van der Waals surface area contributed by atoms with E-state index in [0.717, 1.165) is 47.4 Å². The fourth-order valence-electron chi connectivity index (χ4n) is 11.4. The third-order valence-corrected chi connectivity index (χ3v) is 16.4. The molecule has 0 radical (unpaired) electrons. The Hall–Kier alpha value is -8.29. The number of halogens is 5. The molecule has 4 aliphatic rings. The highest BCUT2D eigenvalue weighted by molar-refractivity contribution is 6.62. The summed E-state index contributed by atoms with van der Waals surface area (Å²) in [5.41, 5.74) is 6.84. The number of likely N-dealkylation sites (N-methyl/N-ethyl adjacent to an activating group) is 2. The first-order valence-electron chi connectivity index (χ1n) is 28.5. The molecule has 4 aliphatic heterocycles. The molecule has 0 spiro atoms. The van der Waals surface area contributed by atoms with Gasteiger partial charge in [-0.25, -0.2) is 42.3 Å². The predicted octanol–water partition coefficient (Wildman–Crippen LogP) is 9.28. The van der Waals surface area contributed by atoms with Crippen LogP contribution in [0.1, 0.15) is 106 Å². The quantitative estimate of drug-likeness (QED) is 0.0628. The molecule has 10 heterocycles. The number of hydrogen-bond acceptors (Lipinski definition) is 12. The summed E-state index contributed by atoms with van der Waals surface area (Å²) in [5.74, 6) is 1.76. The number of urea groups is 1. The second kappa shape index (κ2) is 26.1. The smallest absolute Gasteiger partial charge is 0.317 e. The summed E-state index contributed by atoms with van der Waals surface area (Å²) < 4.78 is 64.2. The van der Waals surface area contributed by atoms with Gasteiger partial charge in [0.15, 0.2) is 0 Å². The summed E-state index contributed by atoms with van der Waals surface area (Å²) in [5, 5.41) is 16.9. The highest BCUT2D eigenvalue weighted by atomic mass is 35.5. The first-order chi connectivity index (χ1) is 41.1. The molecular weight excluding hydrogens is 1130 g/mol. The first kappa shape index (κ1) is 62.2. The molecule has 5 amide bonds. The van der Waals surface area contributed by atoms with Crippen molar-refractivity contribution in [3.63, 3.8) is 0 Å². The minimum Gasteiger partial charge on any atom is -0.346 e. The number of alkyl halides is 4. The van der Waals surface area contributed by atoms with Crippen LogP contribution in [0.5, 0.6) is 0 Å². The number of aromatic nitrogens is 10. The molecule has 0 aliphatic carbocycles. The standard InChI is InChI=1S/C27H28F2N8O2.C25H25F2N7O.C6H15N.C2H4ClNO/c1-14-26(38)34(3)13-21-23(33-25(37(14)21)16-11-36(12-16)27(39)30-2)17-6-5-7-20-18(17)8-19(24(28)29)22(32-20)15-9-31-35(4)10-15;1-13-25(35)32(2)12-20-22(31-24(34(13)20)14-8-28-9-14)16-5-4-6-19-17(16)7-18(23(26)27)21(30-19)15-10-29-33(3)11-15;1-4-7(5-2)6-3;1-4-2(3)5/h5-10,14,16,24H,11-13H2,1-4H3,(H,30,39);4-7,10-11,13-14,23,28H,8-9,12H2,1-3H3;4-6H2,1-3H3;1H3,(H,4,5). The van der Waals surface area contributed by atoms with Crippen LogP contribution in [0.15, 0.2) is 73.3 Å². The van der Waals surface area contributed by atoms with E-state index in [-0.39, 0.29) is 58.2 Å². The highest BCUT2D eigenvalue weighted by Gasteiger charge is 2.41. The monoisotopic (exact) mass is 1210 g/mol. The fraction of sp³-hybridized carbons (Fsp3) is 0.433. The van der Waals surface area contributed by atoms with Gasteiger partial charge in [-0.1, -0.05) is 45.0 Å². The molecule has 2 atom stereocenters. The van der Waals surface area contributed by atoms with Gasteiger partial charge in [0, 0.05) is 131 Å². The SMILES string of the molecule is CC1C(=O)N(C)Cc2c(-c3cccc4nc(-c5cnn(C)c5)c(C(F)F)cc34)nc(C3CNC3)n21.CCN(CC)CC.CNC(=O)Cl.CNC(=O)N1CC(c2nc(-c3cccc4nc(-c5cnn(C)c5)c(C(F)F)cc34)c3n2C(C)C(=O)N(C)C3)C1. The van der Waals surface area contributed by atoms with Crippen LogP contribution in [0, 0.1) is 0 Å². The number of pyridine rings is 2. The van der Waals surface area contributed by atoms with Gasteiger partial charge in [0.1, 0.15) is 23.7 Å². The van der Waals surface area contributed by atoms with Crippen LogP contribution in [0.3, 0.4) is 0 Å². The second-order valence-electron chi connectivity index (χ2n) is 21.7. The van der Waals surface area contributed by atoms with Crippen LogP contribution >= 0.6 is 11.6 Å². The van der Waals surface area contributed by atoms with Crippen LogP contribution in [0.25, 0.3) is 66.8 Å². The molecule has 26 heteroatoms. The van der Waals surface area contributed by atoms with Gasteiger partial charge in [-0.3, -0.25) is 23.7 Å². The number of nitrogens with one attached hydrogen (secondary N) is 3. The van der Waals surface area contributed by atoms with Gasteiger partial charge in [-0.2, -0.15) is 10.2 Å². The average molecular weight is 1210 g/mol. The lowest BCUT2D eigenvalue weighted by Crippen LogP contribution is -2.53. The van der Waals surface area contributed by atoms with Crippen LogP contribution in [-0.4, -0.2) is 165 Å². The number of benzene rings is 2. The molecule has 21 nitrogen and oxygen atoms in total. The highest BCUT2D eigenvalue weighted by Crippen LogP contribution is 2.43. The van der Waals surface area contributed by atoms with E-state index >= 15 is 0 Å². The summed E-state index contributed by atoms with van der Waals surface area (Å²) in [4.78, 5) is 74.0. The molecule has 2 aromatic carbocycles. The number of imidazole rings is 2. The molecule has 3 N–H and O–H groups in total. The van der Waals surface area contributed by atoms with Crippen LogP contribution < -0.4 is 16.0 Å². The largest absolute Gasteiger partial charge is 0.346 e. The maximum atomic E-state index is 14.3. The van der Waals surface area contributed by atoms with E-state index < -0.39 is 24.3 Å². The van der Waals surface area contributed by atoms with Gasteiger partial charge in [0.25, 0.3) is 12.9 Å². The van der Waals surface area contributed by atoms with Gasteiger partial charge in [0.05, 0.1) is 76.6 Å². The van der Waals surface area contributed by atoms with E-state index in [9.17, 15) is 36.7 Å². The van der Waals surface area contributed by atoms with Crippen molar-refractivity contribution < 1.29 is 36.7 Å². The summed E-state index contributed by atoms with van der Waals surface area (Å²) in [6.07, 6.45) is 0.969. The Labute approximate surface area is 500 Å².